The molecule has 0 heterocycles. The second kappa shape index (κ2) is 5.02. The number of aliphatic hydroxyl groups excluding tert-OH is 1. The molecule has 0 bridgehead atoms. The summed E-state index contributed by atoms with van der Waals surface area (Å²) in [5.41, 5.74) is 0.657. The number of hydrogen-bond acceptors (Lipinski definition) is 2. The average Bonchev–Trinajstić information content (AvgIpc) is 3.12. The van der Waals surface area contributed by atoms with E-state index in [4.69, 9.17) is 5.11 Å². The lowest BCUT2D eigenvalue weighted by atomic mass is 10.1. The first-order chi connectivity index (χ1) is 8.54. The Labute approximate surface area is 104 Å². The maximum Gasteiger partial charge on any atom is 0.226 e. The van der Waals surface area contributed by atoms with Crippen LogP contribution >= 0.6 is 0 Å². The zero-order valence-corrected chi connectivity index (χ0v) is 10.1. The van der Waals surface area contributed by atoms with Gasteiger partial charge in [0.05, 0.1) is 6.61 Å². The molecule has 98 valence electrons. The van der Waals surface area contributed by atoms with Crippen molar-refractivity contribution >= 4 is 5.91 Å². The Balaban J connectivity index is 2.02. The van der Waals surface area contributed by atoms with Crippen molar-refractivity contribution in [1.82, 2.24) is 4.90 Å². The van der Waals surface area contributed by atoms with Crippen LogP contribution in [0.4, 0.5) is 8.78 Å². The molecule has 0 aromatic heterocycles. The molecule has 1 aromatic rings. The topological polar surface area (TPSA) is 40.5 Å². The first-order valence-electron chi connectivity index (χ1n) is 5.85. The molecule has 2 unspecified atom stereocenters. The number of carbonyl (C=O) groups excluding carboxylic acids is 1. The van der Waals surface area contributed by atoms with Crippen LogP contribution in [0.5, 0.6) is 0 Å². The number of amides is 1. The van der Waals surface area contributed by atoms with E-state index in [1.165, 1.54) is 11.0 Å². The van der Waals surface area contributed by atoms with Crippen LogP contribution in [0.2, 0.25) is 0 Å². The van der Waals surface area contributed by atoms with Gasteiger partial charge in [-0.1, -0.05) is 6.07 Å². The van der Waals surface area contributed by atoms with Gasteiger partial charge in [-0.3, -0.25) is 4.79 Å². The predicted octanol–water partition coefficient (Wildman–Crippen LogP) is 1.52. The quantitative estimate of drug-likeness (QED) is 0.886. The highest BCUT2D eigenvalue weighted by Crippen LogP contribution is 2.48. The third-order valence-electron chi connectivity index (χ3n) is 3.29. The van der Waals surface area contributed by atoms with Gasteiger partial charge in [0.1, 0.15) is 0 Å². The van der Waals surface area contributed by atoms with Gasteiger partial charge in [-0.25, -0.2) is 8.78 Å². The van der Waals surface area contributed by atoms with Crippen molar-refractivity contribution in [2.75, 3.05) is 20.2 Å². The van der Waals surface area contributed by atoms with Gasteiger partial charge in [-0.15, -0.1) is 0 Å². The molecular formula is C13H15F2NO2. The van der Waals surface area contributed by atoms with Crippen molar-refractivity contribution in [1.29, 1.82) is 0 Å². The van der Waals surface area contributed by atoms with Crippen LogP contribution in [0, 0.1) is 17.6 Å². The summed E-state index contributed by atoms with van der Waals surface area (Å²) < 4.78 is 25.9. The Kier molecular flexibility index (Phi) is 3.61. The number of likely N-dealkylation sites (N-methyl/N-ethyl adjacent to an activating group) is 1. The second-order valence-corrected chi connectivity index (χ2v) is 4.61. The number of hydrogen-bond donors (Lipinski definition) is 1. The molecule has 1 saturated carbocycles. The van der Waals surface area contributed by atoms with E-state index in [1.807, 2.05) is 0 Å². The van der Waals surface area contributed by atoms with Crippen LogP contribution in [0.25, 0.3) is 0 Å². The lowest BCUT2D eigenvalue weighted by Gasteiger charge is -2.15. The van der Waals surface area contributed by atoms with Crippen LogP contribution in [0.3, 0.4) is 0 Å². The minimum absolute atomic E-state index is 0.0336. The van der Waals surface area contributed by atoms with Crippen LogP contribution in [0.15, 0.2) is 18.2 Å². The monoisotopic (exact) mass is 255 g/mol. The van der Waals surface area contributed by atoms with Crippen LogP contribution in [0.1, 0.15) is 17.9 Å². The molecule has 1 aliphatic rings. The molecule has 0 spiro atoms. The van der Waals surface area contributed by atoms with Crippen molar-refractivity contribution < 1.29 is 18.7 Å². The molecule has 5 heteroatoms. The Morgan fingerprint density at radius 1 is 1.44 bits per heavy atom. The van der Waals surface area contributed by atoms with Crippen LogP contribution < -0.4 is 0 Å². The molecule has 0 saturated heterocycles. The van der Waals surface area contributed by atoms with E-state index >= 15 is 0 Å². The molecule has 1 aromatic carbocycles. The SMILES string of the molecule is CN(CCO)C(=O)C1CC1c1ccc(F)c(F)c1. The first-order valence-corrected chi connectivity index (χ1v) is 5.85. The van der Waals surface area contributed by atoms with Crippen molar-refractivity contribution in [3.63, 3.8) is 0 Å². The molecule has 0 aliphatic heterocycles. The van der Waals surface area contributed by atoms with Crippen molar-refractivity contribution in [2.24, 2.45) is 5.92 Å². The standard InChI is InChI=1S/C13H15F2NO2/c1-16(4-5-17)13(18)10-7-9(10)8-2-3-11(14)12(15)6-8/h2-3,6,9-10,17H,4-5,7H2,1H3. The summed E-state index contributed by atoms with van der Waals surface area (Å²) in [7, 11) is 1.62. The number of aliphatic hydroxyl groups is 1. The van der Waals surface area contributed by atoms with Gasteiger partial charge in [-0.05, 0) is 30.0 Å². The van der Waals surface area contributed by atoms with Gasteiger partial charge in [0, 0.05) is 19.5 Å². The van der Waals surface area contributed by atoms with Gasteiger partial charge in [0.2, 0.25) is 5.91 Å². The average molecular weight is 255 g/mol. The van der Waals surface area contributed by atoms with E-state index in [-0.39, 0.29) is 24.3 Å². The normalized spacial score (nSPS) is 21.8. The molecule has 1 aliphatic carbocycles. The predicted molar refractivity (Wildman–Crippen MR) is 61.9 cm³/mol. The number of benzene rings is 1. The fourth-order valence-corrected chi connectivity index (χ4v) is 2.12. The molecule has 1 N–H and O–H groups in total. The molecule has 2 atom stereocenters. The van der Waals surface area contributed by atoms with Crippen LogP contribution in [-0.2, 0) is 4.79 Å². The number of nitrogens with zero attached hydrogens (tertiary/aromatic N) is 1. The highest BCUT2D eigenvalue weighted by atomic mass is 19.2. The van der Waals surface area contributed by atoms with Gasteiger partial charge in [0.15, 0.2) is 11.6 Å². The van der Waals surface area contributed by atoms with Gasteiger partial charge in [0.25, 0.3) is 0 Å². The Morgan fingerprint density at radius 3 is 2.78 bits per heavy atom. The van der Waals surface area contributed by atoms with Gasteiger partial charge in [-0.2, -0.15) is 0 Å². The zero-order chi connectivity index (χ0) is 13.3. The lowest BCUT2D eigenvalue weighted by molar-refractivity contribution is -0.131. The minimum atomic E-state index is -0.880. The zero-order valence-electron chi connectivity index (χ0n) is 10.1. The Hall–Kier alpha value is -1.49. The summed E-state index contributed by atoms with van der Waals surface area (Å²) in [5.74, 6) is -2.02. The van der Waals surface area contributed by atoms with Gasteiger partial charge >= 0.3 is 0 Å². The van der Waals surface area contributed by atoms with E-state index in [0.717, 1.165) is 12.1 Å². The van der Waals surface area contributed by atoms with E-state index in [0.29, 0.717) is 18.5 Å². The Morgan fingerprint density at radius 2 is 2.17 bits per heavy atom. The largest absolute Gasteiger partial charge is 0.395 e. The summed E-state index contributed by atoms with van der Waals surface area (Å²) in [5, 5.41) is 8.75. The smallest absolute Gasteiger partial charge is 0.226 e. The third-order valence-corrected chi connectivity index (χ3v) is 3.29. The third kappa shape index (κ3) is 2.51. The van der Waals surface area contributed by atoms with Crippen LogP contribution in [-0.4, -0.2) is 36.1 Å². The first kappa shape index (κ1) is 13.0. The summed E-state index contributed by atoms with van der Waals surface area (Å²) in [4.78, 5) is 13.3. The molecular weight excluding hydrogens is 240 g/mol. The van der Waals surface area contributed by atoms with E-state index in [1.54, 1.807) is 7.05 Å². The van der Waals surface area contributed by atoms with Crippen molar-refractivity contribution in [3.05, 3.63) is 35.4 Å². The second-order valence-electron chi connectivity index (χ2n) is 4.61. The highest BCUT2D eigenvalue weighted by molar-refractivity contribution is 5.82. The van der Waals surface area contributed by atoms with Gasteiger partial charge < -0.3 is 10.0 Å². The van der Waals surface area contributed by atoms with E-state index in [2.05, 4.69) is 0 Å². The van der Waals surface area contributed by atoms with Crippen molar-refractivity contribution in [3.8, 4) is 0 Å². The molecule has 2 rings (SSSR count). The molecule has 1 amide bonds. The molecule has 0 radical (unpaired) electrons. The summed E-state index contributed by atoms with van der Waals surface area (Å²) in [6.07, 6.45) is 0.652. The maximum atomic E-state index is 13.1. The summed E-state index contributed by atoms with van der Waals surface area (Å²) in [6, 6.07) is 3.75. The Bertz CT molecular complexity index is 464. The number of carbonyl (C=O) groups is 1. The molecule has 1 fully saturated rings. The molecule has 18 heavy (non-hydrogen) atoms. The summed E-state index contributed by atoms with van der Waals surface area (Å²) in [6.45, 7) is 0.213. The van der Waals surface area contributed by atoms with Crippen molar-refractivity contribution in [2.45, 2.75) is 12.3 Å². The number of halogens is 2. The fourth-order valence-electron chi connectivity index (χ4n) is 2.12. The van der Waals surface area contributed by atoms with E-state index < -0.39 is 11.6 Å². The fraction of sp³-hybridized carbons (Fsp3) is 0.462. The maximum absolute atomic E-state index is 13.1. The minimum Gasteiger partial charge on any atom is -0.395 e. The summed E-state index contributed by atoms with van der Waals surface area (Å²) >= 11 is 0. The van der Waals surface area contributed by atoms with E-state index in [9.17, 15) is 13.6 Å². The number of rotatable bonds is 4. The lowest BCUT2D eigenvalue weighted by Crippen LogP contribution is -2.31. The highest BCUT2D eigenvalue weighted by Gasteiger charge is 2.45. The molecule has 3 nitrogen and oxygen atoms in total.